The first-order valence-electron chi connectivity index (χ1n) is 17.3. The number of ether oxygens (including phenoxy) is 2. The Balaban J connectivity index is 1.33. The monoisotopic (exact) mass is 687 g/mol. The molecule has 3 unspecified atom stereocenters. The van der Waals surface area contributed by atoms with Crippen LogP contribution < -0.4 is 14.8 Å². The van der Waals surface area contributed by atoms with Crippen molar-refractivity contribution in [2.75, 3.05) is 19.0 Å². The maximum Gasteiger partial charge on any atom is 0.354 e. The minimum Gasteiger partial charge on any atom is -0.472 e. The van der Waals surface area contributed by atoms with Gasteiger partial charge in [-0.3, -0.25) is 0 Å². The topological polar surface area (TPSA) is 107 Å². The first-order valence-corrected chi connectivity index (χ1v) is 18.8. The summed E-state index contributed by atoms with van der Waals surface area (Å²) in [6, 6.07) is 31.2. The van der Waals surface area contributed by atoms with Gasteiger partial charge in [0.05, 0.1) is 19.3 Å². The molecule has 2 amide bonds. The van der Waals surface area contributed by atoms with E-state index in [1.54, 1.807) is 11.8 Å². The number of urea groups is 1. The number of rotatable bonds is 9. The van der Waals surface area contributed by atoms with Crippen LogP contribution in [-0.2, 0) is 46.0 Å². The minimum absolute atomic E-state index is 0.161. The van der Waals surface area contributed by atoms with Crippen molar-refractivity contribution in [3.63, 3.8) is 0 Å². The van der Waals surface area contributed by atoms with Crippen molar-refractivity contribution in [3.05, 3.63) is 142 Å². The van der Waals surface area contributed by atoms with Crippen LogP contribution in [0.5, 0.6) is 5.88 Å². The molecule has 1 aromatic heterocycles. The van der Waals surface area contributed by atoms with E-state index in [-0.39, 0.29) is 16.9 Å². The van der Waals surface area contributed by atoms with Gasteiger partial charge in [-0.05, 0) is 78.0 Å². The van der Waals surface area contributed by atoms with Crippen molar-refractivity contribution in [1.29, 1.82) is 0 Å². The van der Waals surface area contributed by atoms with Gasteiger partial charge in [0.2, 0.25) is 5.88 Å². The molecular formula is C40H41N5O4S. The van der Waals surface area contributed by atoms with E-state index in [2.05, 4.69) is 25.6 Å². The molecule has 10 heteroatoms. The number of benzene rings is 4. The van der Waals surface area contributed by atoms with Crippen LogP contribution in [0.25, 0.3) is 0 Å². The Morgan fingerprint density at radius 1 is 0.960 bits per heavy atom. The number of amides is 2. The molecule has 0 radical (unpaired) electrons. The molecule has 0 spiro atoms. The molecule has 8 rings (SSSR count). The van der Waals surface area contributed by atoms with Gasteiger partial charge in [-0.15, -0.1) is 4.36 Å². The van der Waals surface area contributed by atoms with Crippen LogP contribution in [0.2, 0.25) is 0 Å². The molecule has 3 atom stereocenters. The normalized spacial score (nSPS) is 18.8. The van der Waals surface area contributed by atoms with Crippen molar-refractivity contribution in [2.45, 2.75) is 68.0 Å². The smallest absolute Gasteiger partial charge is 0.354 e. The lowest BCUT2D eigenvalue weighted by atomic mass is 9.78. The number of hydrogen-bond acceptors (Lipinski definition) is 5. The number of carbonyl (C=O) groups excluding carboxylic acids is 1. The van der Waals surface area contributed by atoms with E-state index in [9.17, 15) is 4.79 Å². The van der Waals surface area contributed by atoms with Crippen molar-refractivity contribution < 1.29 is 18.5 Å². The van der Waals surface area contributed by atoms with E-state index in [1.807, 2.05) is 97.9 Å². The van der Waals surface area contributed by atoms with E-state index in [0.29, 0.717) is 19.0 Å². The second kappa shape index (κ2) is 13.2. The molecule has 4 aromatic carbocycles. The minimum atomic E-state index is -3.82. The molecule has 9 nitrogen and oxygen atoms in total. The molecule has 1 aliphatic heterocycles. The third kappa shape index (κ3) is 5.61. The zero-order chi connectivity index (χ0) is 34.3. The van der Waals surface area contributed by atoms with Crippen molar-refractivity contribution in [2.24, 2.45) is 4.36 Å². The van der Waals surface area contributed by atoms with Crippen molar-refractivity contribution >= 4 is 21.6 Å². The largest absolute Gasteiger partial charge is 0.472 e. The third-order valence-corrected chi connectivity index (χ3v) is 12.1. The number of anilines is 1. The SMILES string of the molecule is COCC1CCc2cc3c(c(NC(=O)N=S(=O)(NC(c4ccccc4)(c4ccccc4)c4ccccc4)c4cnn5c4OC(C)C5)c21)CCC3. The first kappa shape index (κ1) is 32.4. The number of aryl methyl sites for hydroxylation is 2. The predicted octanol–water partition coefficient (Wildman–Crippen LogP) is 7.38. The van der Waals surface area contributed by atoms with Gasteiger partial charge in [0, 0.05) is 18.7 Å². The van der Waals surface area contributed by atoms with E-state index >= 15 is 4.21 Å². The Hall–Kier alpha value is -4.77. The molecule has 3 aliphatic rings. The number of hydrogen-bond donors (Lipinski definition) is 2. The van der Waals surface area contributed by atoms with E-state index in [1.165, 1.54) is 17.3 Å². The molecule has 2 heterocycles. The van der Waals surface area contributed by atoms with Crippen LogP contribution in [0.3, 0.4) is 0 Å². The molecule has 0 bridgehead atoms. The molecular weight excluding hydrogens is 647 g/mol. The van der Waals surface area contributed by atoms with Crippen LogP contribution in [0.15, 0.2) is 113 Å². The molecule has 0 fully saturated rings. The summed E-state index contributed by atoms with van der Waals surface area (Å²) >= 11 is 0. The molecule has 2 N–H and O–H groups in total. The number of nitrogens with zero attached hydrogens (tertiary/aromatic N) is 3. The van der Waals surface area contributed by atoms with Crippen LogP contribution in [0, 0.1) is 0 Å². The maximum absolute atomic E-state index is 16.0. The standard InChI is InChI=1S/C40H41N5O4S/c1-27-25-45-38(49-27)35(24-41-45)50(47,43-39(46)42-37-34-20-12-13-28(34)23-29-21-22-30(26-48-2)36(29)37)44-40(31-14-6-3-7-15-31,32-16-8-4-9-17-32)33-18-10-5-11-19-33/h3-11,14-19,23-24,27,30H,12-13,20-22,25-26H2,1-2H3,(H2,42,43,44,46,47). The van der Waals surface area contributed by atoms with Crippen LogP contribution in [0.1, 0.15) is 64.6 Å². The fraction of sp³-hybridized carbons (Fsp3) is 0.300. The lowest BCUT2D eigenvalue weighted by molar-refractivity contribution is 0.179. The average molecular weight is 688 g/mol. The highest BCUT2D eigenvalue weighted by Crippen LogP contribution is 2.45. The summed E-state index contributed by atoms with van der Waals surface area (Å²) in [5, 5.41) is 7.73. The predicted molar refractivity (Wildman–Crippen MR) is 194 cm³/mol. The zero-order valence-corrected chi connectivity index (χ0v) is 29.1. The second-order valence-electron chi connectivity index (χ2n) is 13.4. The van der Waals surface area contributed by atoms with Gasteiger partial charge in [-0.25, -0.2) is 18.4 Å². The fourth-order valence-electron chi connectivity index (χ4n) is 8.07. The first-order chi connectivity index (χ1) is 24.4. The van der Waals surface area contributed by atoms with Crippen molar-refractivity contribution in [3.8, 4) is 5.88 Å². The van der Waals surface area contributed by atoms with Crippen LogP contribution >= 0.6 is 0 Å². The van der Waals surface area contributed by atoms with Gasteiger partial charge in [0.1, 0.15) is 16.5 Å². The average Bonchev–Trinajstić information content (AvgIpc) is 3.93. The van der Waals surface area contributed by atoms with Gasteiger partial charge in [0.15, 0.2) is 9.92 Å². The molecule has 5 aromatic rings. The zero-order valence-electron chi connectivity index (χ0n) is 28.3. The molecule has 0 saturated carbocycles. The van der Waals surface area contributed by atoms with E-state index in [0.717, 1.165) is 65.6 Å². The van der Waals surface area contributed by atoms with E-state index in [4.69, 9.17) is 9.47 Å². The lowest BCUT2D eigenvalue weighted by Crippen LogP contribution is -2.48. The van der Waals surface area contributed by atoms with Crippen LogP contribution in [0.4, 0.5) is 10.5 Å². The summed E-state index contributed by atoms with van der Waals surface area (Å²) in [5.41, 5.74) is 6.88. The lowest BCUT2D eigenvalue weighted by Gasteiger charge is -2.37. The Kier molecular flexibility index (Phi) is 8.54. The Morgan fingerprint density at radius 2 is 1.60 bits per heavy atom. The Bertz CT molecular complexity index is 2060. The maximum atomic E-state index is 16.0. The summed E-state index contributed by atoms with van der Waals surface area (Å²) < 4.78 is 37.7. The molecule has 256 valence electrons. The van der Waals surface area contributed by atoms with Gasteiger partial charge < -0.3 is 14.8 Å². The summed E-state index contributed by atoms with van der Waals surface area (Å²) in [6.45, 7) is 3.00. The number of methoxy groups -OCH3 is 1. The van der Waals surface area contributed by atoms with Gasteiger partial charge in [0.25, 0.3) is 0 Å². The summed E-state index contributed by atoms with van der Waals surface area (Å²) in [7, 11) is -2.10. The summed E-state index contributed by atoms with van der Waals surface area (Å²) in [4.78, 5) is 14.7. The van der Waals surface area contributed by atoms with Gasteiger partial charge >= 0.3 is 6.03 Å². The highest BCUT2D eigenvalue weighted by Gasteiger charge is 2.42. The number of nitrogens with one attached hydrogen (secondary N) is 2. The molecule has 0 saturated heterocycles. The number of fused-ring (bicyclic) bond motifs is 3. The second-order valence-corrected chi connectivity index (χ2v) is 15.3. The highest BCUT2D eigenvalue weighted by atomic mass is 32.2. The van der Waals surface area contributed by atoms with E-state index < -0.39 is 21.5 Å². The van der Waals surface area contributed by atoms with Crippen molar-refractivity contribution in [1.82, 2.24) is 14.5 Å². The van der Waals surface area contributed by atoms with Gasteiger partial charge in [-0.1, -0.05) is 97.1 Å². The van der Waals surface area contributed by atoms with Crippen LogP contribution in [-0.4, -0.2) is 39.8 Å². The highest BCUT2D eigenvalue weighted by molar-refractivity contribution is 7.92. The fourth-order valence-corrected chi connectivity index (χ4v) is 9.95. The number of aromatic nitrogens is 2. The molecule has 2 aliphatic carbocycles. The summed E-state index contributed by atoms with van der Waals surface area (Å²) in [5.74, 6) is 0.505. The molecule has 50 heavy (non-hydrogen) atoms. The quantitative estimate of drug-likeness (QED) is 0.157. The number of carbonyl (C=O) groups is 1. The Labute approximate surface area is 293 Å². The Morgan fingerprint density at radius 3 is 2.22 bits per heavy atom. The summed E-state index contributed by atoms with van der Waals surface area (Å²) in [6.07, 6.45) is 6.10. The third-order valence-electron chi connectivity index (χ3n) is 10.2. The van der Waals surface area contributed by atoms with Gasteiger partial charge in [-0.2, -0.15) is 5.10 Å².